The molecule has 0 unspecified atom stereocenters. The van der Waals surface area contributed by atoms with Crippen LogP contribution < -0.4 is 0 Å². The normalized spacial score (nSPS) is 31.0. The lowest BCUT2D eigenvalue weighted by molar-refractivity contribution is 0.00223. The number of nitrogens with zero attached hydrogens (tertiary/aromatic N) is 2. The Bertz CT molecular complexity index is 347. The summed E-state index contributed by atoms with van der Waals surface area (Å²) in [6.07, 6.45) is 8.13. The molecule has 2 fully saturated rings. The summed E-state index contributed by atoms with van der Waals surface area (Å²) in [5.74, 6) is 0. The minimum absolute atomic E-state index is 0.337. The van der Waals surface area contributed by atoms with Crippen LogP contribution in [0.15, 0.2) is 0 Å². The Morgan fingerprint density at radius 3 is 1.05 bits per heavy atom. The number of hydrogen-bond donors (Lipinski definition) is 0. The highest BCUT2D eigenvalue weighted by Gasteiger charge is 2.56. The predicted molar refractivity (Wildman–Crippen MR) is 107 cm³/mol. The van der Waals surface area contributed by atoms with Crippen LogP contribution in [0.2, 0.25) is 0 Å². The van der Waals surface area contributed by atoms with Crippen LogP contribution in [0.5, 0.6) is 0 Å². The Morgan fingerprint density at radius 2 is 0.818 bits per heavy atom. The first kappa shape index (κ1) is 19.5. The molecule has 2 rings (SSSR count). The largest absolute Gasteiger partial charge is 0.580 e. The fourth-order valence-corrected chi connectivity index (χ4v) is 17.4. The number of piperidine rings is 2. The third kappa shape index (κ3) is 3.57. The summed E-state index contributed by atoms with van der Waals surface area (Å²) in [6, 6.07) is 0. The second-order valence-electron chi connectivity index (χ2n) is 10.0. The predicted octanol–water partition coefficient (Wildman–Crippen LogP) is 5.49. The Balaban J connectivity index is 2.40. The molecule has 0 N–H and O–H groups in total. The van der Waals surface area contributed by atoms with Crippen LogP contribution in [-0.4, -0.2) is 41.2 Å². The molecular formula is C18H36AlIN2. The van der Waals surface area contributed by atoms with E-state index < -0.39 is 11.3 Å². The number of halogens is 1. The third-order valence-electron chi connectivity index (χ3n) is 6.19. The fraction of sp³-hybridized carbons (Fsp3) is 1.00. The van der Waals surface area contributed by atoms with Crippen molar-refractivity contribution in [2.24, 2.45) is 0 Å². The molecule has 0 aromatic carbocycles. The molecule has 2 aliphatic rings. The van der Waals surface area contributed by atoms with Crippen LogP contribution in [0.25, 0.3) is 0 Å². The maximum Gasteiger partial charge on any atom is 0.580 e. The van der Waals surface area contributed by atoms with Gasteiger partial charge >= 0.3 is 11.3 Å². The number of hydrogen-bond acceptors (Lipinski definition) is 2. The van der Waals surface area contributed by atoms with Gasteiger partial charge in [0.25, 0.3) is 0 Å². The van der Waals surface area contributed by atoms with E-state index in [9.17, 15) is 0 Å². The van der Waals surface area contributed by atoms with Gasteiger partial charge in [0.1, 0.15) is 0 Å². The molecule has 0 spiro atoms. The zero-order chi connectivity index (χ0) is 17.0. The van der Waals surface area contributed by atoms with Gasteiger partial charge in [-0.05, 0) is 116 Å². The van der Waals surface area contributed by atoms with Crippen LogP contribution in [0.1, 0.15) is 93.9 Å². The zero-order valence-corrected chi connectivity index (χ0v) is 19.4. The van der Waals surface area contributed by atoms with Crippen molar-refractivity contribution < 1.29 is 0 Å². The molecular weight excluding hydrogens is 398 g/mol. The molecule has 0 saturated carbocycles. The molecule has 2 saturated heterocycles. The third-order valence-corrected chi connectivity index (χ3v) is 13.2. The van der Waals surface area contributed by atoms with Gasteiger partial charge in [0.05, 0.1) is 0 Å². The first-order valence-electron chi connectivity index (χ1n) is 9.04. The molecule has 0 aliphatic carbocycles. The van der Waals surface area contributed by atoms with Crippen molar-refractivity contribution in [3.63, 3.8) is 0 Å². The van der Waals surface area contributed by atoms with Crippen LogP contribution in [0.3, 0.4) is 0 Å². The lowest BCUT2D eigenvalue weighted by Crippen LogP contribution is -2.73. The molecule has 128 valence electrons. The molecule has 2 aliphatic heterocycles. The molecule has 0 amide bonds. The minimum Gasteiger partial charge on any atom is -0.353 e. The van der Waals surface area contributed by atoms with Crippen LogP contribution in [0.4, 0.5) is 0 Å². The van der Waals surface area contributed by atoms with Crippen molar-refractivity contribution in [3.05, 3.63) is 0 Å². The van der Waals surface area contributed by atoms with Crippen molar-refractivity contribution in [3.8, 4) is 0 Å². The molecule has 0 radical (unpaired) electrons. The van der Waals surface area contributed by atoms with Crippen LogP contribution in [0, 0.1) is 0 Å². The van der Waals surface area contributed by atoms with E-state index in [4.69, 9.17) is 0 Å². The van der Waals surface area contributed by atoms with Crippen molar-refractivity contribution in [2.75, 3.05) is 0 Å². The average molecular weight is 434 g/mol. The van der Waals surface area contributed by atoms with E-state index in [0.717, 1.165) is 0 Å². The van der Waals surface area contributed by atoms with Gasteiger partial charge in [0.15, 0.2) is 0 Å². The lowest BCUT2D eigenvalue weighted by atomic mass is 9.82. The van der Waals surface area contributed by atoms with Crippen molar-refractivity contribution >= 4 is 31.6 Å². The lowest BCUT2D eigenvalue weighted by Gasteiger charge is -2.62. The molecule has 2 heterocycles. The first-order chi connectivity index (χ1) is 9.81. The standard InChI is InChI=1S/2C9H18N.Al.HI/c2*1-8(2)6-5-7-9(3,4)10-8;;/h2*5-7H2,1-4H3;;1H/q2*-1;+3;/p-1. The van der Waals surface area contributed by atoms with E-state index in [-0.39, 0.29) is 0 Å². The Kier molecular flexibility index (Phi) is 5.47. The average Bonchev–Trinajstić information content (AvgIpc) is 2.22. The summed E-state index contributed by atoms with van der Waals surface area (Å²) in [5.41, 5.74) is 1.35. The summed E-state index contributed by atoms with van der Waals surface area (Å²) in [6.45, 7) is 19.9. The molecule has 0 bridgehead atoms. The van der Waals surface area contributed by atoms with Gasteiger partial charge in [-0.1, -0.05) is 0 Å². The maximum absolute atomic E-state index is 2.96. The Labute approximate surface area is 154 Å². The maximum atomic E-state index is 2.96. The van der Waals surface area contributed by atoms with Crippen molar-refractivity contribution in [2.45, 2.75) is 116 Å². The fourth-order valence-electron chi connectivity index (χ4n) is 5.30. The van der Waals surface area contributed by atoms with Gasteiger partial charge < -0.3 is 7.77 Å². The van der Waals surface area contributed by atoms with Crippen molar-refractivity contribution in [1.29, 1.82) is 0 Å². The summed E-state index contributed by atoms with van der Waals surface area (Å²) >= 11 is 1.64. The second kappa shape index (κ2) is 6.16. The van der Waals surface area contributed by atoms with E-state index >= 15 is 0 Å². The monoisotopic (exact) mass is 434 g/mol. The minimum atomic E-state index is -1.23. The van der Waals surface area contributed by atoms with Gasteiger partial charge in [0, 0.05) is 0 Å². The smallest absolute Gasteiger partial charge is 0.353 e. The number of rotatable bonds is 2. The SMILES string of the molecule is CC1(C)CCCC(C)(C)[N]1[Al]([I])[N]1C(C)(C)CCCC1(C)C. The molecule has 0 aromatic heterocycles. The highest BCUT2D eigenvalue weighted by atomic mass is 127. The Hall–Kier alpha value is 1.18. The molecule has 2 nitrogen and oxygen atoms in total. The quantitative estimate of drug-likeness (QED) is 0.419. The van der Waals surface area contributed by atoms with E-state index in [2.05, 4.69) is 83.4 Å². The highest BCUT2D eigenvalue weighted by molar-refractivity contribution is 14.1. The molecule has 22 heavy (non-hydrogen) atoms. The van der Waals surface area contributed by atoms with E-state index in [0.29, 0.717) is 22.2 Å². The highest BCUT2D eigenvalue weighted by Crippen LogP contribution is 2.46. The molecule has 0 atom stereocenters. The van der Waals surface area contributed by atoms with Gasteiger partial charge in [-0.2, -0.15) is 20.3 Å². The van der Waals surface area contributed by atoms with Crippen molar-refractivity contribution in [1.82, 2.24) is 7.77 Å². The van der Waals surface area contributed by atoms with Gasteiger partial charge in [-0.25, -0.2) is 0 Å². The summed E-state index contributed by atoms with van der Waals surface area (Å²) in [5, 5.41) is 0. The van der Waals surface area contributed by atoms with Gasteiger partial charge in [-0.15, -0.1) is 0 Å². The Morgan fingerprint density at radius 1 is 0.591 bits per heavy atom. The van der Waals surface area contributed by atoms with E-state index in [1.54, 1.807) is 0 Å². The summed E-state index contributed by atoms with van der Waals surface area (Å²) < 4.78 is 5.91. The summed E-state index contributed by atoms with van der Waals surface area (Å²) in [4.78, 5) is 0. The first-order valence-corrected chi connectivity index (χ1v) is 14.2. The van der Waals surface area contributed by atoms with Gasteiger partial charge in [0.2, 0.25) is 0 Å². The topological polar surface area (TPSA) is 6.48 Å². The van der Waals surface area contributed by atoms with Crippen LogP contribution >= 0.6 is 20.3 Å². The molecule has 4 heteroatoms. The van der Waals surface area contributed by atoms with E-state index in [1.807, 2.05) is 0 Å². The van der Waals surface area contributed by atoms with Crippen LogP contribution in [-0.2, 0) is 0 Å². The van der Waals surface area contributed by atoms with E-state index in [1.165, 1.54) is 38.5 Å². The second-order valence-corrected chi connectivity index (χ2v) is 15.0. The molecule has 0 aromatic rings. The van der Waals surface area contributed by atoms with Gasteiger partial charge in [-0.3, -0.25) is 0 Å². The summed E-state index contributed by atoms with van der Waals surface area (Å²) in [7, 11) is 0. The zero-order valence-electron chi connectivity index (χ0n) is 16.1.